The highest BCUT2D eigenvalue weighted by Crippen LogP contribution is 2.24. The van der Waals surface area contributed by atoms with Gasteiger partial charge in [-0.05, 0) is 35.9 Å². The summed E-state index contributed by atoms with van der Waals surface area (Å²) in [5, 5.41) is 6.48. The molecular formula is C19H21ClF3N3O2. The van der Waals surface area contributed by atoms with Crippen LogP contribution in [0.1, 0.15) is 16.7 Å². The number of guanidine groups is 1. The molecule has 0 aromatic heterocycles. The fourth-order valence-electron chi connectivity index (χ4n) is 2.49. The minimum atomic E-state index is -2.93. The van der Waals surface area contributed by atoms with Gasteiger partial charge in [-0.1, -0.05) is 17.7 Å². The fraction of sp³-hybridized carbons (Fsp3) is 0.316. The second kappa shape index (κ2) is 10.8. The molecule has 0 atom stereocenters. The third-order valence-electron chi connectivity index (χ3n) is 3.78. The van der Waals surface area contributed by atoms with Crippen LogP contribution in [0.25, 0.3) is 0 Å². The topological polar surface area (TPSA) is 54.9 Å². The Morgan fingerprint density at radius 1 is 1.11 bits per heavy atom. The van der Waals surface area contributed by atoms with E-state index < -0.39 is 6.61 Å². The van der Waals surface area contributed by atoms with Crippen LogP contribution in [-0.2, 0) is 24.4 Å². The van der Waals surface area contributed by atoms with E-state index in [4.69, 9.17) is 16.3 Å². The standard InChI is InChI=1S/C19H21ClF3N3O2/c1-24-19(25-9-12-3-5-16(21)14(7-12)11-27-2)26-10-13-8-15(20)4-6-17(13)28-18(22)23/h3-8,18H,9-11H2,1-2H3,(H2,24,25,26). The maximum atomic E-state index is 13.7. The Morgan fingerprint density at radius 3 is 2.54 bits per heavy atom. The maximum absolute atomic E-state index is 13.7. The van der Waals surface area contributed by atoms with E-state index in [1.54, 1.807) is 19.2 Å². The predicted octanol–water partition coefficient (Wildman–Crippen LogP) is 4.09. The number of halogens is 4. The fourth-order valence-corrected chi connectivity index (χ4v) is 2.68. The van der Waals surface area contributed by atoms with Gasteiger partial charge in [0.15, 0.2) is 5.96 Å². The summed E-state index contributed by atoms with van der Waals surface area (Å²) >= 11 is 5.94. The van der Waals surface area contributed by atoms with Crippen LogP contribution in [-0.4, -0.2) is 26.7 Å². The predicted molar refractivity (Wildman–Crippen MR) is 102 cm³/mol. The van der Waals surface area contributed by atoms with Crippen LogP contribution in [0, 0.1) is 5.82 Å². The van der Waals surface area contributed by atoms with Gasteiger partial charge in [0.2, 0.25) is 0 Å². The molecule has 2 aromatic rings. The molecule has 0 spiro atoms. The number of hydrogen-bond acceptors (Lipinski definition) is 3. The van der Waals surface area contributed by atoms with Crippen molar-refractivity contribution >= 4 is 17.6 Å². The average molecular weight is 416 g/mol. The van der Waals surface area contributed by atoms with Crippen LogP contribution in [0.4, 0.5) is 13.2 Å². The van der Waals surface area contributed by atoms with Crippen molar-refractivity contribution < 1.29 is 22.6 Å². The van der Waals surface area contributed by atoms with E-state index in [2.05, 4.69) is 20.4 Å². The molecule has 0 aliphatic rings. The van der Waals surface area contributed by atoms with Crippen molar-refractivity contribution in [1.82, 2.24) is 10.6 Å². The van der Waals surface area contributed by atoms with Gasteiger partial charge in [0.25, 0.3) is 0 Å². The van der Waals surface area contributed by atoms with Crippen molar-refractivity contribution in [3.05, 3.63) is 63.9 Å². The van der Waals surface area contributed by atoms with Gasteiger partial charge in [0.05, 0.1) is 6.61 Å². The van der Waals surface area contributed by atoms with Crippen molar-refractivity contribution in [1.29, 1.82) is 0 Å². The molecule has 28 heavy (non-hydrogen) atoms. The Balaban J connectivity index is 1.99. The number of methoxy groups -OCH3 is 1. The van der Waals surface area contributed by atoms with Gasteiger partial charge in [-0.15, -0.1) is 0 Å². The third-order valence-corrected chi connectivity index (χ3v) is 4.01. The lowest BCUT2D eigenvalue weighted by Crippen LogP contribution is -2.36. The number of hydrogen-bond donors (Lipinski definition) is 2. The van der Waals surface area contributed by atoms with E-state index in [1.807, 2.05) is 0 Å². The van der Waals surface area contributed by atoms with Crippen molar-refractivity contribution in [3.8, 4) is 5.75 Å². The van der Waals surface area contributed by atoms with Crippen LogP contribution in [0.2, 0.25) is 5.02 Å². The van der Waals surface area contributed by atoms with E-state index in [-0.39, 0.29) is 24.7 Å². The highest BCUT2D eigenvalue weighted by molar-refractivity contribution is 6.30. The monoisotopic (exact) mass is 415 g/mol. The number of nitrogens with zero attached hydrogens (tertiary/aromatic N) is 1. The van der Waals surface area contributed by atoms with E-state index in [1.165, 1.54) is 31.4 Å². The van der Waals surface area contributed by atoms with Gasteiger partial charge in [-0.3, -0.25) is 4.99 Å². The van der Waals surface area contributed by atoms with Crippen molar-refractivity contribution in [2.24, 2.45) is 4.99 Å². The molecule has 152 valence electrons. The van der Waals surface area contributed by atoms with Crippen LogP contribution in [0.15, 0.2) is 41.4 Å². The van der Waals surface area contributed by atoms with Gasteiger partial charge < -0.3 is 20.1 Å². The molecule has 2 rings (SSSR count). The second-order valence-corrected chi connectivity index (χ2v) is 6.21. The number of benzene rings is 2. The summed E-state index contributed by atoms with van der Waals surface area (Å²) in [4.78, 5) is 4.08. The summed E-state index contributed by atoms with van der Waals surface area (Å²) in [6, 6.07) is 9.13. The first kappa shape index (κ1) is 21.8. The smallest absolute Gasteiger partial charge is 0.387 e. The zero-order chi connectivity index (χ0) is 20.5. The molecule has 0 aliphatic carbocycles. The van der Waals surface area contributed by atoms with Crippen LogP contribution >= 0.6 is 11.6 Å². The highest BCUT2D eigenvalue weighted by Gasteiger charge is 2.11. The van der Waals surface area contributed by atoms with E-state index >= 15 is 0 Å². The minimum absolute atomic E-state index is 0.0325. The van der Waals surface area contributed by atoms with Gasteiger partial charge in [-0.2, -0.15) is 8.78 Å². The lowest BCUT2D eigenvalue weighted by molar-refractivity contribution is -0.0504. The highest BCUT2D eigenvalue weighted by atomic mass is 35.5. The van der Waals surface area contributed by atoms with Gasteiger partial charge in [0.1, 0.15) is 11.6 Å². The van der Waals surface area contributed by atoms with Crippen molar-refractivity contribution in [3.63, 3.8) is 0 Å². The molecule has 2 N–H and O–H groups in total. The minimum Gasteiger partial charge on any atom is -0.434 e. The molecule has 0 unspecified atom stereocenters. The van der Waals surface area contributed by atoms with Gasteiger partial charge >= 0.3 is 6.61 Å². The molecule has 9 heteroatoms. The van der Waals surface area contributed by atoms with Gasteiger partial charge in [0, 0.05) is 43.4 Å². The Kier molecular flexibility index (Phi) is 8.41. The normalized spacial score (nSPS) is 11.6. The Morgan fingerprint density at radius 2 is 1.86 bits per heavy atom. The number of aliphatic imine (C=N–C) groups is 1. The molecule has 0 bridgehead atoms. The zero-order valence-electron chi connectivity index (χ0n) is 15.4. The van der Waals surface area contributed by atoms with Crippen LogP contribution < -0.4 is 15.4 Å². The molecule has 5 nitrogen and oxygen atoms in total. The first-order chi connectivity index (χ1) is 13.4. The van der Waals surface area contributed by atoms with E-state index in [0.29, 0.717) is 28.7 Å². The summed E-state index contributed by atoms with van der Waals surface area (Å²) in [6.45, 7) is -2.21. The molecule has 0 amide bonds. The summed E-state index contributed by atoms with van der Waals surface area (Å²) in [7, 11) is 3.07. The van der Waals surface area contributed by atoms with Crippen molar-refractivity contribution in [2.75, 3.05) is 14.2 Å². The summed E-state index contributed by atoms with van der Waals surface area (Å²) < 4.78 is 48.2. The quantitative estimate of drug-likeness (QED) is 0.503. The molecule has 0 saturated heterocycles. The first-order valence-electron chi connectivity index (χ1n) is 8.37. The van der Waals surface area contributed by atoms with Crippen LogP contribution in [0.5, 0.6) is 5.75 Å². The summed E-state index contributed by atoms with van der Waals surface area (Å²) in [6.07, 6.45) is 0. The SMILES string of the molecule is CN=C(NCc1ccc(F)c(COC)c1)NCc1cc(Cl)ccc1OC(F)F. The molecule has 2 aromatic carbocycles. The Hall–Kier alpha value is -2.45. The number of ether oxygens (including phenoxy) is 2. The molecule has 0 heterocycles. The molecule has 0 radical (unpaired) electrons. The number of alkyl halides is 2. The Bertz CT molecular complexity index is 819. The second-order valence-electron chi connectivity index (χ2n) is 5.77. The zero-order valence-corrected chi connectivity index (χ0v) is 16.2. The Labute approximate surface area is 166 Å². The molecule has 0 fully saturated rings. The van der Waals surface area contributed by atoms with E-state index in [0.717, 1.165) is 5.56 Å². The van der Waals surface area contributed by atoms with Crippen LogP contribution in [0.3, 0.4) is 0 Å². The lowest BCUT2D eigenvalue weighted by atomic mass is 10.1. The van der Waals surface area contributed by atoms with Crippen molar-refractivity contribution in [2.45, 2.75) is 26.3 Å². The third kappa shape index (κ3) is 6.61. The summed E-state index contributed by atoms with van der Waals surface area (Å²) in [5.41, 5.74) is 1.75. The number of nitrogens with one attached hydrogen (secondary N) is 2. The largest absolute Gasteiger partial charge is 0.434 e. The molecular weight excluding hydrogens is 395 g/mol. The van der Waals surface area contributed by atoms with E-state index in [9.17, 15) is 13.2 Å². The molecule has 0 aliphatic heterocycles. The lowest BCUT2D eigenvalue weighted by Gasteiger charge is -2.15. The summed E-state index contributed by atoms with van der Waals surface area (Å²) in [5.74, 6) is 0.131. The van der Waals surface area contributed by atoms with Gasteiger partial charge in [-0.25, -0.2) is 4.39 Å². The number of rotatable bonds is 8. The molecule has 0 saturated carbocycles. The average Bonchev–Trinajstić information content (AvgIpc) is 2.66. The maximum Gasteiger partial charge on any atom is 0.387 e. The first-order valence-corrected chi connectivity index (χ1v) is 8.74.